The minimum Gasteiger partial charge on any atom is -0.294 e. The second-order valence-electron chi connectivity index (χ2n) is 6.32. The summed E-state index contributed by atoms with van der Waals surface area (Å²) in [5.74, 6) is -0.730. The molecule has 3 nitrogen and oxygen atoms in total. The molecule has 1 aliphatic rings. The van der Waals surface area contributed by atoms with Gasteiger partial charge in [0.25, 0.3) is 0 Å². The summed E-state index contributed by atoms with van der Waals surface area (Å²) in [6, 6.07) is 2.86. The Morgan fingerprint density at radius 2 is 1.95 bits per heavy atom. The van der Waals surface area contributed by atoms with E-state index in [2.05, 4.69) is 0 Å². The highest BCUT2D eigenvalue weighted by Crippen LogP contribution is 2.34. The Labute approximate surface area is 116 Å². The summed E-state index contributed by atoms with van der Waals surface area (Å²) in [5, 5.41) is 0.610. The van der Waals surface area contributed by atoms with Crippen molar-refractivity contribution < 1.29 is 14.0 Å². The van der Waals surface area contributed by atoms with Gasteiger partial charge in [-0.3, -0.25) is 14.2 Å². The van der Waals surface area contributed by atoms with Crippen molar-refractivity contribution in [2.24, 2.45) is 5.41 Å². The molecule has 0 bridgehead atoms. The molecule has 1 aromatic carbocycles. The lowest BCUT2D eigenvalue weighted by atomic mass is 9.91. The van der Waals surface area contributed by atoms with Crippen molar-refractivity contribution in [1.82, 2.24) is 4.57 Å². The van der Waals surface area contributed by atoms with E-state index in [4.69, 9.17) is 0 Å². The predicted molar refractivity (Wildman–Crippen MR) is 74.6 cm³/mol. The monoisotopic (exact) mass is 273 g/mol. The molecule has 0 spiro atoms. The third-order valence-electron chi connectivity index (χ3n) is 3.76. The van der Waals surface area contributed by atoms with Crippen LogP contribution in [0.3, 0.4) is 0 Å². The number of aryl methyl sites for hydroxylation is 1. The van der Waals surface area contributed by atoms with Crippen LogP contribution in [0.1, 0.15) is 47.9 Å². The molecule has 0 saturated heterocycles. The maximum absolute atomic E-state index is 13.9. The molecule has 0 N–H and O–H groups in total. The first-order chi connectivity index (χ1) is 9.30. The van der Waals surface area contributed by atoms with E-state index in [-0.39, 0.29) is 17.3 Å². The molecule has 1 heterocycles. The lowest BCUT2D eigenvalue weighted by Gasteiger charge is -2.18. The van der Waals surface area contributed by atoms with Gasteiger partial charge in [-0.2, -0.15) is 0 Å². The smallest absolute Gasteiger partial charge is 0.236 e. The number of hydrogen-bond donors (Lipinski definition) is 0. The number of hydrogen-bond acceptors (Lipinski definition) is 2. The fourth-order valence-corrected chi connectivity index (χ4v) is 2.75. The Bertz CT molecular complexity index is 750. The van der Waals surface area contributed by atoms with Crippen molar-refractivity contribution >= 4 is 22.6 Å². The van der Waals surface area contributed by atoms with E-state index >= 15 is 0 Å². The van der Waals surface area contributed by atoms with E-state index in [0.29, 0.717) is 23.7 Å². The fraction of sp³-hybridized carbons (Fsp3) is 0.375. The van der Waals surface area contributed by atoms with E-state index in [1.165, 1.54) is 6.07 Å². The number of carbonyl (C=O) groups excluding carboxylic acids is 2. The lowest BCUT2D eigenvalue weighted by Crippen LogP contribution is -2.26. The summed E-state index contributed by atoms with van der Waals surface area (Å²) in [7, 11) is 0. The van der Waals surface area contributed by atoms with Gasteiger partial charge in [0.1, 0.15) is 5.82 Å². The van der Waals surface area contributed by atoms with Gasteiger partial charge in [0.05, 0.1) is 11.1 Å². The molecule has 0 aliphatic heterocycles. The molecule has 4 heteroatoms. The van der Waals surface area contributed by atoms with Crippen molar-refractivity contribution in [2.75, 3.05) is 0 Å². The second kappa shape index (κ2) is 4.01. The minimum atomic E-state index is -0.532. The summed E-state index contributed by atoms with van der Waals surface area (Å²) in [5.41, 5.74) is 1.12. The van der Waals surface area contributed by atoms with Crippen LogP contribution in [0.15, 0.2) is 18.3 Å². The summed E-state index contributed by atoms with van der Waals surface area (Å²) in [4.78, 5) is 24.4. The third-order valence-corrected chi connectivity index (χ3v) is 3.76. The molecule has 0 saturated carbocycles. The second-order valence-corrected chi connectivity index (χ2v) is 6.32. The van der Waals surface area contributed by atoms with Crippen molar-refractivity contribution in [2.45, 2.75) is 33.6 Å². The number of nitrogens with zero attached hydrogens (tertiary/aromatic N) is 1. The molecule has 0 fully saturated rings. The number of halogens is 1. The maximum Gasteiger partial charge on any atom is 0.236 e. The largest absolute Gasteiger partial charge is 0.294 e. The average molecular weight is 273 g/mol. The first-order valence-electron chi connectivity index (χ1n) is 6.71. The fourth-order valence-electron chi connectivity index (χ4n) is 2.75. The topological polar surface area (TPSA) is 39.1 Å². The molecular formula is C16H16FNO2. The highest BCUT2D eigenvalue weighted by Gasteiger charge is 2.30. The molecule has 1 aromatic heterocycles. The Morgan fingerprint density at radius 1 is 1.25 bits per heavy atom. The van der Waals surface area contributed by atoms with Gasteiger partial charge in [-0.15, -0.1) is 0 Å². The molecule has 2 aromatic rings. The first kappa shape index (κ1) is 13.0. The highest BCUT2D eigenvalue weighted by atomic mass is 19.1. The van der Waals surface area contributed by atoms with E-state index < -0.39 is 11.2 Å². The van der Waals surface area contributed by atoms with Gasteiger partial charge in [0, 0.05) is 23.4 Å². The molecule has 0 atom stereocenters. The summed E-state index contributed by atoms with van der Waals surface area (Å²) in [6.45, 7) is 5.53. The van der Waals surface area contributed by atoms with Crippen LogP contribution >= 0.6 is 0 Å². The number of ketones is 1. The van der Waals surface area contributed by atoms with Crippen LogP contribution in [0.4, 0.5) is 4.39 Å². The van der Waals surface area contributed by atoms with Gasteiger partial charge in [0.15, 0.2) is 5.78 Å². The molecule has 3 rings (SSSR count). The number of benzene rings is 1. The number of rotatable bonds is 0. The minimum absolute atomic E-state index is 0.0549. The van der Waals surface area contributed by atoms with Crippen LogP contribution in [0.25, 0.3) is 10.9 Å². The highest BCUT2D eigenvalue weighted by molar-refractivity contribution is 6.12. The Morgan fingerprint density at radius 3 is 2.60 bits per heavy atom. The van der Waals surface area contributed by atoms with E-state index in [1.807, 2.05) is 20.8 Å². The normalized spacial score (nSPS) is 14.9. The predicted octanol–water partition coefficient (Wildman–Crippen LogP) is 3.60. The summed E-state index contributed by atoms with van der Waals surface area (Å²) >= 11 is 0. The standard InChI is InChI=1S/C16H16FNO2/c1-16(2,3)15(20)18-8-9-4-7-12(19)14-10(17)5-6-11(18)13(9)14/h5-6,8H,4,7H2,1-3H3. The first-order valence-corrected chi connectivity index (χ1v) is 6.71. The molecule has 0 unspecified atom stereocenters. The third kappa shape index (κ3) is 1.71. The van der Waals surface area contributed by atoms with Gasteiger partial charge in [-0.25, -0.2) is 4.39 Å². The van der Waals surface area contributed by atoms with E-state index in [1.54, 1.807) is 16.8 Å². The Balaban J connectivity index is 2.35. The van der Waals surface area contributed by atoms with Crippen molar-refractivity contribution in [1.29, 1.82) is 0 Å². The van der Waals surface area contributed by atoms with Crippen LogP contribution in [0.2, 0.25) is 0 Å². The summed E-state index contributed by atoms with van der Waals surface area (Å²) in [6.07, 6.45) is 2.63. The van der Waals surface area contributed by atoms with Crippen LogP contribution in [-0.2, 0) is 6.42 Å². The van der Waals surface area contributed by atoms with Crippen LogP contribution in [0.5, 0.6) is 0 Å². The quantitative estimate of drug-likeness (QED) is 0.735. The molecule has 104 valence electrons. The Kier molecular flexibility index (Phi) is 2.61. The van der Waals surface area contributed by atoms with Crippen LogP contribution in [0, 0.1) is 11.2 Å². The van der Waals surface area contributed by atoms with E-state index in [0.717, 1.165) is 5.56 Å². The van der Waals surface area contributed by atoms with Crippen molar-refractivity contribution in [3.8, 4) is 0 Å². The van der Waals surface area contributed by atoms with Crippen molar-refractivity contribution in [3.05, 3.63) is 35.3 Å². The zero-order valence-electron chi connectivity index (χ0n) is 11.8. The Hall–Kier alpha value is -1.97. The van der Waals surface area contributed by atoms with Crippen molar-refractivity contribution in [3.63, 3.8) is 0 Å². The molecule has 0 amide bonds. The molecule has 0 radical (unpaired) electrons. The van der Waals surface area contributed by atoms with E-state index in [9.17, 15) is 14.0 Å². The van der Waals surface area contributed by atoms with Gasteiger partial charge >= 0.3 is 0 Å². The van der Waals surface area contributed by atoms with Gasteiger partial charge in [-0.1, -0.05) is 20.8 Å². The number of aromatic nitrogens is 1. The number of Topliss-reactive ketones (excluding diaryl/α,β-unsaturated/α-hetero) is 1. The SMILES string of the molecule is CC(C)(C)C(=O)n1cc2c3c(c(F)ccc31)C(=O)CC2. The number of carbonyl (C=O) groups is 2. The average Bonchev–Trinajstić information content (AvgIpc) is 2.73. The van der Waals surface area contributed by atoms with Crippen LogP contribution < -0.4 is 0 Å². The van der Waals surface area contributed by atoms with Gasteiger partial charge in [0.2, 0.25) is 5.91 Å². The van der Waals surface area contributed by atoms with Gasteiger partial charge < -0.3 is 0 Å². The summed E-state index contributed by atoms with van der Waals surface area (Å²) < 4.78 is 15.5. The lowest BCUT2D eigenvalue weighted by molar-refractivity contribution is 0.0772. The van der Waals surface area contributed by atoms with Gasteiger partial charge in [-0.05, 0) is 24.1 Å². The molecule has 20 heavy (non-hydrogen) atoms. The maximum atomic E-state index is 13.9. The molecule has 1 aliphatic carbocycles. The molecular weight excluding hydrogens is 257 g/mol. The zero-order chi connectivity index (χ0) is 14.7. The van der Waals surface area contributed by atoms with Crippen LogP contribution in [-0.4, -0.2) is 16.3 Å². The zero-order valence-corrected chi connectivity index (χ0v) is 11.8.